The summed E-state index contributed by atoms with van der Waals surface area (Å²) >= 11 is 0. The summed E-state index contributed by atoms with van der Waals surface area (Å²) in [6.07, 6.45) is 0. The quantitative estimate of drug-likeness (QED) is 0.757. The van der Waals surface area contributed by atoms with Crippen molar-refractivity contribution in [2.45, 2.75) is 25.7 Å². The molecule has 1 aromatic rings. The smallest absolute Gasteiger partial charge is 0.243 e. The van der Waals surface area contributed by atoms with Crippen molar-refractivity contribution in [2.75, 3.05) is 25.4 Å². The van der Waals surface area contributed by atoms with Crippen LogP contribution < -0.4 is 10.5 Å². The molecule has 7 heteroatoms. The van der Waals surface area contributed by atoms with Gasteiger partial charge in [0.15, 0.2) is 0 Å². The van der Waals surface area contributed by atoms with E-state index < -0.39 is 10.0 Å². The first kappa shape index (κ1) is 16.5. The molecular weight excluding hydrogens is 278 g/mol. The number of nitrogen functional groups attached to an aromatic ring is 1. The first-order valence-electron chi connectivity index (χ1n) is 6.46. The van der Waals surface area contributed by atoms with Crippen molar-refractivity contribution in [2.24, 2.45) is 0 Å². The molecule has 20 heavy (non-hydrogen) atoms. The van der Waals surface area contributed by atoms with Crippen LogP contribution in [0.4, 0.5) is 5.69 Å². The molecule has 0 saturated carbocycles. The van der Waals surface area contributed by atoms with Crippen molar-refractivity contribution in [3.8, 4) is 0 Å². The SMILES string of the molecule is CCN(CC)C(=O)CNS(=O)(=O)c1c(C)cccc1N. The molecule has 0 fully saturated rings. The van der Waals surface area contributed by atoms with E-state index in [-0.39, 0.29) is 23.0 Å². The summed E-state index contributed by atoms with van der Waals surface area (Å²) in [5.41, 5.74) is 6.43. The van der Waals surface area contributed by atoms with Gasteiger partial charge in [0.05, 0.1) is 12.2 Å². The predicted octanol–water partition coefficient (Wildman–Crippen LogP) is 0.724. The number of hydrogen-bond acceptors (Lipinski definition) is 4. The molecule has 0 unspecified atom stereocenters. The zero-order chi connectivity index (χ0) is 15.3. The lowest BCUT2D eigenvalue weighted by molar-refractivity contribution is -0.129. The Kier molecular flexibility index (Phi) is 5.52. The van der Waals surface area contributed by atoms with E-state index in [1.54, 1.807) is 24.0 Å². The lowest BCUT2D eigenvalue weighted by Crippen LogP contribution is -2.40. The van der Waals surface area contributed by atoms with Crippen LogP contribution in [0.3, 0.4) is 0 Å². The van der Waals surface area contributed by atoms with E-state index in [0.717, 1.165) is 0 Å². The topological polar surface area (TPSA) is 92.5 Å². The van der Waals surface area contributed by atoms with Crippen LogP contribution in [0, 0.1) is 6.92 Å². The van der Waals surface area contributed by atoms with Gasteiger partial charge in [-0.3, -0.25) is 4.79 Å². The Morgan fingerprint density at radius 2 is 1.90 bits per heavy atom. The Morgan fingerprint density at radius 1 is 1.30 bits per heavy atom. The van der Waals surface area contributed by atoms with Crippen molar-refractivity contribution in [3.05, 3.63) is 23.8 Å². The van der Waals surface area contributed by atoms with Crippen LogP contribution in [0.2, 0.25) is 0 Å². The highest BCUT2D eigenvalue weighted by molar-refractivity contribution is 7.89. The number of aryl methyl sites for hydroxylation is 1. The highest BCUT2D eigenvalue weighted by Gasteiger charge is 2.21. The van der Waals surface area contributed by atoms with E-state index in [4.69, 9.17) is 5.73 Å². The number of hydrogen-bond donors (Lipinski definition) is 2. The van der Waals surface area contributed by atoms with Crippen LogP contribution in [-0.2, 0) is 14.8 Å². The Labute approximate surface area is 120 Å². The molecule has 1 amide bonds. The minimum atomic E-state index is -3.79. The monoisotopic (exact) mass is 299 g/mol. The van der Waals surface area contributed by atoms with Gasteiger partial charge in [0.1, 0.15) is 4.90 Å². The number of anilines is 1. The summed E-state index contributed by atoms with van der Waals surface area (Å²) in [7, 11) is -3.79. The van der Waals surface area contributed by atoms with Gasteiger partial charge in [-0.25, -0.2) is 13.1 Å². The third-order valence-electron chi connectivity index (χ3n) is 3.04. The molecule has 0 bridgehead atoms. The van der Waals surface area contributed by atoms with E-state index in [0.29, 0.717) is 18.7 Å². The van der Waals surface area contributed by atoms with Crippen molar-refractivity contribution < 1.29 is 13.2 Å². The van der Waals surface area contributed by atoms with Crippen LogP contribution in [0.1, 0.15) is 19.4 Å². The first-order valence-corrected chi connectivity index (χ1v) is 7.94. The van der Waals surface area contributed by atoms with Crippen LogP contribution in [0.15, 0.2) is 23.1 Å². The summed E-state index contributed by atoms with van der Waals surface area (Å²) in [5, 5.41) is 0. The van der Waals surface area contributed by atoms with Crippen molar-refractivity contribution in [1.82, 2.24) is 9.62 Å². The fourth-order valence-electron chi connectivity index (χ4n) is 1.96. The maximum Gasteiger partial charge on any atom is 0.243 e. The number of carbonyl (C=O) groups is 1. The molecule has 0 aliphatic carbocycles. The maximum absolute atomic E-state index is 12.2. The second-order valence-electron chi connectivity index (χ2n) is 4.38. The van der Waals surface area contributed by atoms with Gasteiger partial charge >= 0.3 is 0 Å². The highest BCUT2D eigenvalue weighted by Crippen LogP contribution is 2.21. The van der Waals surface area contributed by atoms with Gasteiger partial charge in [-0.15, -0.1) is 0 Å². The molecule has 0 saturated heterocycles. The number of nitrogens with one attached hydrogen (secondary N) is 1. The van der Waals surface area contributed by atoms with Crippen molar-refractivity contribution >= 4 is 21.6 Å². The van der Waals surface area contributed by atoms with Gasteiger partial charge in [-0.05, 0) is 32.4 Å². The number of rotatable bonds is 6. The normalized spacial score (nSPS) is 11.3. The first-order chi connectivity index (χ1) is 9.33. The summed E-state index contributed by atoms with van der Waals surface area (Å²) in [6, 6.07) is 4.87. The van der Waals surface area contributed by atoms with Crippen molar-refractivity contribution in [3.63, 3.8) is 0 Å². The minimum Gasteiger partial charge on any atom is -0.398 e. The minimum absolute atomic E-state index is 0.0346. The Bertz CT molecular complexity index is 560. The van der Waals surface area contributed by atoms with Gasteiger partial charge in [0, 0.05) is 13.1 Å². The average molecular weight is 299 g/mol. The third kappa shape index (κ3) is 3.71. The van der Waals surface area contributed by atoms with E-state index in [9.17, 15) is 13.2 Å². The Balaban J connectivity index is 2.89. The largest absolute Gasteiger partial charge is 0.398 e. The predicted molar refractivity (Wildman–Crippen MR) is 78.7 cm³/mol. The summed E-state index contributed by atoms with van der Waals surface area (Å²) in [5.74, 6) is -0.259. The van der Waals surface area contributed by atoms with Gasteiger partial charge in [0.25, 0.3) is 0 Å². The summed E-state index contributed by atoms with van der Waals surface area (Å²) < 4.78 is 26.7. The number of nitrogens with two attached hydrogens (primary N) is 1. The lowest BCUT2D eigenvalue weighted by atomic mass is 10.2. The molecule has 0 aromatic heterocycles. The van der Waals surface area contributed by atoms with Crippen LogP contribution in [0.5, 0.6) is 0 Å². The molecule has 0 aliphatic rings. The lowest BCUT2D eigenvalue weighted by Gasteiger charge is -2.19. The molecule has 3 N–H and O–H groups in total. The van der Waals surface area contributed by atoms with Crippen LogP contribution >= 0.6 is 0 Å². The number of sulfonamides is 1. The van der Waals surface area contributed by atoms with E-state index in [1.165, 1.54) is 6.07 Å². The molecular formula is C13H21N3O3S. The number of likely N-dealkylation sites (N-methyl/N-ethyl adjacent to an activating group) is 1. The van der Waals surface area contributed by atoms with Crippen LogP contribution in [0.25, 0.3) is 0 Å². The molecule has 1 rings (SSSR count). The molecule has 0 radical (unpaired) electrons. The Hall–Kier alpha value is -1.60. The molecule has 0 aliphatic heterocycles. The number of nitrogens with zero attached hydrogens (tertiary/aromatic N) is 1. The van der Waals surface area contributed by atoms with E-state index >= 15 is 0 Å². The highest BCUT2D eigenvalue weighted by atomic mass is 32.2. The molecule has 0 atom stereocenters. The van der Waals surface area contributed by atoms with Crippen LogP contribution in [-0.4, -0.2) is 38.9 Å². The molecule has 6 nitrogen and oxygen atoms in total. The van der Waals surface area contributed by atoms with Gasteiger partial charge in [-0.1, -0.05) is 12.1 Å². The second kappa shape index (κ2) is 6.71. The molecule has 0 spiro atoms. The summed E-state index contributed by atoms with van der Waals surface area (Å²) in [4.78, 5) is 13.4. The number of benzene rings is 1. The zero-order valence-corrected chi connectivity index (χ0v) is 12.8. The van der Waals surface area contributed by atoms with Gasteiger partial charge in [0.2, 0.25) is 15.9 Å². The second-order valence-corrected chi connectivity index (χ2v) is 6.09. The number of amides is 1. The van der Waals surface area contributed by atoms with E-state index in [2.05, 4.69) is 4.72 Å². The fourth-order valence-corrected chi connectivity index (χ4v) is 3.29. The van der Waals surface area contributed by atoms with Gasteiger partial charge in [-0.2, -0.15) is 0 Å². The van der Waals surface area contributed by atoms with Gasteiger partial charge < -0.3 is 10.6 Å². The molecule has 0 heterocycles. The third-order valence-corrected chi connectivity index (χ3v) is 4.66. The number of carbonyl (C=O) groups excluding carboxylic acids is 1. The summed E-state index contributed by atoms with van der Waals surface area (Å²) in [6.45, 7) is 6.17. The molecule has 112 valence electrons. The van der Waals surface area contributed by atoms with Crippen molar-refractivity contribution in [1.29, 1.82) is 0 Å². The fraction of sp³-hybridized carbons (Fsp3) is 0.462. The maximum atomic E-state index is 12.2. The van der Waals surface area contributed by atoms with E-state index in [1.807, 2.05) is 13.8 Å². The molecule has 1 aromatic carbocycles. The average Bonchev–Trinajstić information content (AvgIpc) is 2.37. The Morgan fingerprint density at radius 3 is 2.40 bits per heavy atom. The standard InChI is InChI=1S/C13H21N3O3S/c1-4-16(5-2)12(17)9-15-20(18,19)13-10(3)7-6-8-11(13)14/h6-8,15H,4-5,9,14H2,1-3H3. The zero-order valence-electron chi connectivity index (χ0n) is 12.0.